The molecule has 24 heavy (non-hydrogen) atoms. The van der Waals surface area contributed by atoms with Crippen molar-refractivity contribution in [3.8, 4) is 0 Å². The lowest BCUT2D eigenvalue weighted by Gasteiger charge is -2.14. The fourth-order valence-electron chi connectivity index (χ4n) is 2.63. The zero-order chi connectivity index (χ0) is 17.1. The van der Waals surface area contributed by atoms with Gasteiger partial charge in [0, 0.05) is 35.2 Å². The summed E-state index contributed by atoms with van der Waals surface area (Å²) in [6.45, 7) is 2.09. The second kappa shape index (κ2) is 7.07. The smallest absolute Gasteiger partial charge is 0.262 e. The molecule has 0 spiro atoms. The van der Waals surface area contributed by atoms with Gasteiger partial charge in [-0.25, -0.2) is 4.39 Å². The average molecular weight is 344 g/mol. The molecule has 0 aliphatic rings. The van der Waals surface area contributed by atoms with E-state index in [1.54, 1.807) is 18.5 Å². The number of hydrogen-bond donors (Lipinski definition) is 1. The van der Waals surface area contributed by atoms with E-state index in [-0.39, 0.29) is 24.4 Å². The van der Waals surface area contributed by atoms with E-state index in [0.717, 1.165) is 10.3 Å². The highest BCUT2D eigenvalue weighted by atomic mass is 32.1. The molecule has 0 aliphatic carbocycles. The van der Waals surface area contributed by atoms with Gasteiger partial charge < -0.3 is 10.1 Å². The van der Waals surface area contributed by atoms with Crippen molar-refractivity contribution in [3.05, 3.63) is 64.5 Å². The number of carbonyl (C=O) groups is 1. The van der Waals surface area contributed by atoms with Gasteiger partial charge in [0.05, 0.1) is 17.5 Å². The number of halogens is 1. The number of methoxy groups -OCH3 is 1. The van der Waals surface area contributed by atoms with Crippen molar-refractivity contribution in [1.82, 2.24) is 10.3 Å². The van der Waals surface area contributed by atoms with Crippen LogP contribution in [0.3, 0.4) is 0 Å². The Hall–Kier alpha value is -2.31. The third-order valence-corrected chi connectivity index (χ3v) is 5.01. The van der Waals surface area contributed by atoms with E-state index in [4.69, 9.17) is 4.74 Å². The van der Waals surface area contributed by atoms with Crippen LogP contribution in [-0.2, 0) is 11.3 Å². The molecule has 1 unspecified atom stereocenters. The molecule has 1 N–H and O–H groups in total. The fraction of sp³-hybridized carbons (Fsp3) is 0.222. The van der Waals surface area contributed by atoms with Crippen molar-refractivity contribution >= 4 is 27.3 Å². The van der Waals surface area contributed by atoms with Crippen LogP contribution in [0, 0.1) is 5.82 Å². The van der Waals surface area contributed by atoms with Crippen molar-refractivity contribution in [1.29, 1.82) is 0 Å². The lowest BCUT2D eigenvalue weighted by molar-refractivity contribution is 0.0939. The van der Waals surface area contributed by atoms with Crippen LogP contribution in [0.15, 0.2) is 42.7 Å². The van der Waals surface area contributed by atoms with Gasteiger partial charge in [-0.15, -0.1) is 11.3 Å². The van der Waals surface area contributed by atoms with Crippen molar-refractivity contribution < 1.29 is 13.9 Å². The molecule has 3 rings (SSSR count). The standard InChI is InChI=1S/C18H17FN2O2S/c1-11(12-6-8-20-9-7-12)21-18(22)17-13(10-23-2)16-14(19)4-3-5-15(16)24-17/h3-9,11H,10H2,1-2H3,(H,21,22). The Bertz CT molecular complexity index is 864. The van der Waals surface area contributed by atoms with Crippen LogP contribution in [0.25, 0.3) is 10.1 Å². The molecule has 4 nitrogen and oxygen atoms in total. The van der Waals surface area contributed by atoms with E-state index in [2.05, 4.69) is 10.3 Å². The lowest BCUT2D eigenvalue weighted by Crippen LogP contribution is -2.26. The van der Waals surface area contributed by atoms with E-state index in [1.807, 2.05) is 25.1 Å². The number of fused-ring (bicyclic) bond motifs is 1. The minimum Gasteiger partial charge on any atom is -0.380 e. The number of nitrogens with zero attached hydrogens (tertiary/aromatic N) is 1. The van der Waals surface area contributed by atoms with Gasteiger partial charge in [0.2, 0.25) is 0 Å². The van der Waals surface area contributed by atoms with E-state index < -0.39 is 0 Å². The van der Waals surface area contributed by atoms with Crippen LogP contribution in [0.5, 0.6) is 0 Å². The monoisotopic (exact) mass is 344 g/mol. The van der Waals surface area contributed by atoms with Crippen molar-refractivity contribution in [3.63, 3.8) is 0 Å². The molecule has 0 radical (unpaired) electrons. The summed E-state index contributed by atoms with van der Waals surface area (Å²) in [5.41, 5.74) is 1.55. The van der Waals surface area contributed by atoms with E-state index in [1.165, 1.54) is 24.5 Å². The predicted molar refractivity (Wildman–Crippen MR) is 92.6 cm³/mol. The quantitative estimate of drug-likeness (QED) is 0.759. The van der Waals surface area contributed by atoms with Crippen LogP contribution in [0.2, 0.25) is 0 Å². The van der Waals surface area contributed by atoms with E-state index in [9.17, 15) is 9.18 Å². The van der Waals surface area contributed by atoms with Gasteiger partial charge in [-0.3, -0.25) is 9.78 Å². The molecule has 1 atom stereocenters. The van der Waals surface area contributed by atoms with Gasteiger partial charge in [-0.2, -0.15) is 0 Å². The van der Waals surface area contributed by atoms with Crippen LogP contribution in [0.4, 0.5) is 4.39 Å². The minimum absolute atomic E-state index is 0.175. The summed E-state index contributed by atoms with van der Waals surface area (Å²) >= 11 is 1.28. The van der Waals surface area contributed by atoms with Crippen LogP contribution in [-0.4, -0.2) is 18.0 Å². The number of ether oxygens (including phenoxy) is 1. The van der Waals surface area contributed by atoms with Crippen LogP contribution in [0.1, 0.15) is 33.8 Å². The normalized spacial score (nSPS) is 12.3. The fourth-order valence-corrected chi connectivity index (χ4v) is 3.76. The summed E-state index contributed by atoms with van der Waals surface area (Å²) in [5, 5.41) is 3.42. The number of nitrogens with one attached hydrogen (secondary N) is 1. The lowest BCUT2D eigenvalue weighted by atomic mass is 10.1. The summed E-state index contributed by atoms with van der Waals surface area (Å²) in [5.74, 6) is -0.566. The summed E-state index contributed by atoms with van der Waals surface area (Å²) in [4.78, 5) is 17.2. The Labute approximate surface area is 143 Å². The molecule has 1 aromatic carbocycles. The van der Waals surface area contributed by atoms with Gasteiger partial charge in [0.1, 0.15) is 5.82 Å². The Kier molecular flexibility index (Phi) is 4.87. The van der Waals surface area contributed by atoms with Crippen LogP contribution < -0.4 is 5.32 Å². The average Bonchev–Trinajstić information content (AvgIpc) is 2.96. The number of rotatable bonds is 5. The molecule has 1 amide bonds. The zero-order valence-corrected chi connectivity index (χ0v) is 14.2. The predicted octanol–water partition coefficient (Wildman–Crippen LogP) is 4.07. The van der Waals surface area contributed by atoms with Crippen LogP contribution >= 0.6 is 11.3 Å². The highest BCUT2D eigenvalue weighted by molar-refractivity contribution is 7.21. The topological polar surface area (TPSA) is 51.2 Å². The molecule has 0 saturated carbocycles. The molecular weight excluding hydrogens is 327 g/mol. The first kappa shape index (κ1) is 16.5. The van der Waals surface area contributed by atoms with Crippen molar-refractivity contribution in [2.24, 2.45) is 0 Å². The maximum absolute atomic E-state index is 14.2. The first-order valence-corrected chi connectivity index (χ1v) is 8.33. The summed E-state index contributed by atoms with van der Waals surface area (Å²) in [6, 6.07) is 8.38. The number of benzene rings is 1. The number of thiophene rings is 1. The largest absolute Gasteiger partial charge is 0.380 e. The van der Waals surface area contributed by atoms with Gasteiger partial charge in [-0.1, -0.05) is 6.07 Å². The highest BCUT2D eigenvalue weighted by Crippen LogP contribution is 2.34. The molecular formula is C18H17FN2O2S. The number of pyridine rings is 1. The molecule has 2 aromatic heterocycles. The Balaban J connectivity index is 1.95. The number of aromatic nitrogens is 1. The molecule has 0 fully saturated rings. The minimum atomic E-state index is -0.336. The molecule has 0 saturated heterocycles. The Morgan fingerprint density at radius 1 is 1.33 bits per heavy atom. The van der Waals surface area contributed by atoms with Gasteiger partial charge >= 0.3 is 0 Å². The first-order valence-electron chi connectivity index (χ1n) is 7.51. The van der Waals surface area contributed by atoms with Crippen molar-refractivity contribution in [2.45, 2.75) is 19.6 Å². The first-order chi connectivity index (χ1) is 11.6. The molecule has 124 valence electrons. The third-order valence-electron chi connectivity index (χ3n) is 3.81. The highest BCUT2D eigenvalue weighted by Gasteiger charge is 2.22. The SMILES string of the molecule is COCc1c(C(=O)NC(C)c2ccncc2)sc2cccc(F)c12. The summed E-state index contributed by atoms with van der Waals surface area (Å²) < 4.78 is 20.1. The Morgan fingerprint density at radius 3 is 2.79 bits per heavy atom. The second-order valence-corrected chi connectivity index (χ2v) is 6.48. The van der Waals surface area contributed by atoms with E-state index >= 15 is 0 Å². The second-order valence-electron chi connectivity index (χ2n) is 5.43. The number of carbonyl (C=O) groups excluding carboxylic acids is 1. The molecule has 2 heterocycles. The number of hydrogen-bond acceptors (Lipinski definition) is 4. The maximum atomic E-state index is 14.2. The number of amides is 1. The molecule has 6 heteroatoms. The maximum Gasteiger partial charge on any atom is 0.262 e. The van der Waals surface area contributed by atoms with Gasteiger partial charge in [0.15, 0.2) is 0 Å². The molecule has 3 aromatic rings. The zero-order valence-electron chi connectivity index (χ0n) is 13.4. The molecule has 0 aliphatic heterocycles. The Morgan fingerprint density at radius 2 is 2.08 bits per heavy atom. The summed E-state index contributed by atoms with van der Waals surface area (Å²) in [6.07, 6.45) is 3.37. The summed E-state index contributed by atoms with van der Waals surface area (Å²) in [7, 11) is 1.53. The van der Waals surface area contributed by atoms with Gasteiger partial charge in [-0.05, 0) is 36.8 Å². The molecule has 0 bridgehead atoms. The van der Waals surface area contributed by atoms with Gasteiger partial charge in [0.25, 0.3) is 5.91 Å². The third kappa shape index (κ3) is 3.16. The van der Waals surface area contributed by atoms with E-state index in [0.29, 0.717) is 15.8 Å². The van der Waals surface area contributed by atoms with Crippen molar-refractivity contribution in [2.75, 3.05) is 7.11 Å².